The molecule has 0 amide bonds. The molecule has 0 radical (unpaired) electrons. The monoisotopic (exact) mass is 262 g/mol. The molecule has 1 aromatic carbocycles. The third kappa shape index (κ3) is 3.15. The molecule has 1 heterocycles. The number of nitrogens with zero attached hydrogens (tertiary/aromatic N) is 1. The first-order valence-electron chi connectivity index (χ1n) is 6.25. The maximum Gasteiger partial charge on any atom is 0.130 e. The van der Waals surface area contributed by atoms with E-state index in [-0.39, 0.29) is 5.56 Å². The minimum absolute atomic E-state index is 0.0798. The first-order chi connectivity index (χ1) is 9.11. The number of hydrogen-bond acceptors (Lipinski definition) is 2. The van der Waals surface area contributed by atoms with Crippen molar-refractivity contribution in [3.8, 4) is 0 Å². The van der Waals surface area contributed by atoms with Gasteiger partial charge in [-0.1, -0.05) is 19.1 Å². The summed E-state index contributed by atoms with van der Waals surface area (Å²) in [7, 11) is 0. The van der Waals surface area contributed by atoms with Gasteiger partial charge in [0.25, 0.3) is 0 Å². The number of hydrogen-bond donors (Lipinski definition) is 1. The zero-order chi connectivity index (χ0) is 13.8. The van der Waals surface area contributed by atoms with E-state index in [1.165, 1.54) is 18.2 Å². The third-order valence-corrected chi connectivity index (χ3v) is 3.09. The van der Waals surface area contributed by atoms with Crippen LogP contribution in [-0.2, 0) is 12.8 Å². The Morgan fingerprint density at radius 3 is 2.37 bits per heavy atom. The van der Waals surface area contributed by atoms with Crippen molar-refractivity contribution in [1.82, 2.24) is 4.98 Å². The molecule has 0 aliphatic rings. The fraction of sp³-hybridized carbons (Fsp3) is 0.267. The summed E-state index contributed by atoms with van der Waals surface area (Å²) >= 11 is 0. The predicted octanol–water partition coefficient (Wildman–Crippen LogP) is 3.16. The highest BCUT2D eigenvalue weighted by Gasteiger charge is 2.17. The summed E-state index contributed by atoms with van der Waals surface area (Å²) < 4.78 is 27.2. The minimum Gasteiger partial charge on any atom is -0.323 e. The standard InChI is InChI=1S/C15H16F2N2/c1-2-10-6-7-11(19-9-10)8-14(18)15-12(16)4-3-5-13(15)17/h3-7,9,14H,2,8,18H2,1H3. The first kappa shape index (κ1) is 13.6. The molecular formula is C15H16F2N2. The van der Waals surface area contributed by atoms with Crippen molar-refractivity contribution in [2.24, 2.45) is 5.73 Å². The maximum atomic E-state index is 13.6. The van der Waals surface area contributed by atoms with Gasteiger partial charge in [0.1, 0.15) is 11.6 Å². The molecule has 1 atom stereocenters. The molecule has 0 bridgehead atoms. The zero-order valence-corrected chi connectivity index (χ0v) is 10.7. The van der Waals surface area contributed by atoms with Crippen molar-refractivity contribution in [3.05, 3.63) is 65.0 Å². The van der Waals surface area contributed by atoms with E-state index in [1.807, 2.05) is 19.1 Å². The van der Waals surface area contributed by atoms with Crippen LogP contribution >= 0.6 is 0 Å². The highest BCUT2D eigenvalue weighted by Crippen LogP contribution is 2.21. The number of benzene rings is 1. The van der Waals surface area contributed by atoms with E-state index in [9.17, 15) is 8.78 Å². The predicted molar refractivity (Wildman–Crippen MR) is 70.6 cm³/mol. The lowest BCUT2D eigenvalue weighted by atomic mass is 10.0. The van der Waals surface area contributed by atoms with Gasteiger partial charge in [0.05, 0.1) is 0 Å². The molecular weight excluding hydrogens is 246 g/mol. The van der Waals surface area contributed by atoms with Gasteiger partial charge in [-0.15, -0.1) is 0 Å². The summed E-state index contributed by atoms with van der Waals surface area (Å²) in [4.78, 5) is 4.25. The molecule has 4 heteroatoms. The van der Waals surface area contributed by atoms with Gasteiger partial charge in [-0.3, -0.25) is 4.98 Å². The molecule has 100 valence electrons. The van der Waals surface area contributed by atoms with Gasteiger partial charge in [0.15, 0.2) is 0 Å². The van der Waals surface area contributed by atoms with Gasteiger partial charge >= 0.3 is 0 Å². The van der Waals surface area contributed by atoms with Gasteiger partial charge in [-0.25, -0.2) is 8.78 Å². The van der Waals surface area contributed by atoms with Crippen LogP contribution in [0.15, 0.2) is 36.5 Å². The van der Waals surface area contributed by atoms with Gasteiger partial charge in [0, 0.05) is 29.9 Å². The summed E-state index contributed by atoms with van der Waals surface area (Å²) in [5.41, 5.74) is 7.65. The Hall–Kier alpha value is -1.81. The van der Waals surface area contributed by atoms with Gasteiger partial charge < -0.3 is 5.73 Å². The summed E-state index contributed by atoms with van der Waals surface area (Å²) in [6.07, 6.45) is 2.98. The average Bonchev–Trinajstić information content (AvgIpc) is 2.39. The Balaban J connectivity index is 2.18. The summed E-state index contributed by atoms with van der Waals surface area (Å²) in [6, 6.07) is 6.82. The molecule has 0 aliphatic heterocycles. The Labute approximate surface area is 111 Å². The molecule has 2 nitrogen and oxygen atoms in total. The van der Waals surface area contributed by atoms with Crippen molar-refractivity contribution < 1.29 is 8.78 Å². The fourth-order valence-corrected chi connectivity index (χ4v) is 1.98. The highest BCUT2D eigenvalue weighted by molar-refractivity contribution is 5.25. The highest BCUT2D eigenvalue weighted by atomic mass is 19.1. The van der Waals surface area contributed by atoms with Crippen molar-refractivity contribution in [2.75, 3.05) is 0 Å². The topological polar surface area (TPSA) is 38.9 Å². The maximum absolute atomic E-state index is 13.6. The van der Waals surface area contributed by atoms with Crippen LogP contribution in [0.4, 0.5) is 8.78 Å². The van der Waals surface area contributed by atoms with Crippen molar-refractivity contribution in [3.63, 3.8) is 0 Å². The molecule has 2 aromatic rings. The molecule has 0 saturated heterocycles. The van der Waals surface area contributed by atoms with E-state index in [1.54, 1.807) is 6.20 Å². The van der Waals surface area contributed by atoms with Crippen molar-refractivity contribution in [1.29, 1.82) is 0 Å². The van der Waals surface area contributed by atoms with Gasteiger partial charge in [-0.2, -0.15) is 0 Å². The number of nitrogens with two attached hydrogens (primary N) is 1. The lowest BCUT2D eigenvalue weighted by Crippen LogP contribution is -2.17. The fourth-order valence-electron chi connectivity index (χ4n) is 1.98. The van der Waals surface area contributed by atoms with E-state index in [2.05, 4.69) is 4.98 Å². The first-order valence-corrected chi connectivity index (χ1v) is 6.25. The molecule has 0 saturated carbocycles. The molecule has 2 N–H and O–H groups in total. The molecule has 19 heavy (non-hydrogen) atoms. The number of aryl methyl sites for hydroxylation is 1. The lowest BCUT2D eigenvalue weighted by molar-refractivity contribution is 0.523. The van der Waals surface area contributed by atoms with Crippen LogP contribution < -0.4 is 5.73 Å². The summed E-state index contributed by atoms with van der Waals surface area (Å²) in [5, 5.41) is 0. The summed E-state index contributed by atoms with van der Waals surface area (Å²) in [6.45, 7) is 2.04. The zero-order valence-electron chi connectivity index (χ0n) is 10.7. The quantitative estimate of drug-likeness (QED) is 0.919. The Kier molecular flexibility index (Phi) is 4.22. The number of pyridine rings is 1. The third-order valence-electron chi connectivity index (χ3n) is 3.09. The molecule has 1 unspecified atom stereocenters. The van der Waals surface area contributed by atoms with Gasteiger partial charge in [0.2, 0.25) is 0 Å². The molecule has 2 rings (SSSR count). The van der Waals surface area contributed by atoms with Gasteiger partial charge in [-0.05, 0) is 30.2 Å². The Bertz CT molecular complexity index is 532. The normalized spacial score (nSPS) is 12.4. The molecule has 0 fully saturated rings. The molecule has 1 aromatic heterocycles. The van der Waals surface area contributed by atoms with E-state index in [0.717, 1.165) is 17.7 Å². The van der Waals surface area contributed by atoms with Crippen LogP contribution in [0.1, 0.15) is 29.8 Å². The van der Waals surface area contributed by atoms with Crippen LogP contribution in [0, 0.1) is 11.6 Å². The van der Waals surface area contributed by atoms with E-state index < -0.39 is 17.7 Å². The number of rotatable bonds is 4. The smallest absolute Gasteiger partial charge is 0.130 e. The minimum atomic E-state index is -0.735. The van der Waals surface area contributed by atoms with Crippen LogP contribution in [0.3, 0.4) is 0 Å². The second kappa shape index (κ2) is 5.89. The summed E-state index contributed by atoms with van der Waals surface area (Å²) in [5.74, 6) is -1.23. The van der Waals surface area contributed by atoms with E-state index >= 15 is 0 Å². The van der Waals surface area contributed by atoms with Crippen LogP contribution in [0.25, 0.3) is 0 Å². The van der Waals surface area contributed by atoms with E-state index in [4.69, 9.17) is 5.73 Å². The molecule has 0 spiro atoms. The second-order valence-corrected chi connectivity index (χ2v) is 4.46. The number of halogens is 2. The average molecular weight is 262 g/mol. The van der Waals surface area contributed by atoms with Crippen molar-refractivity contribution >= 4 is 0 Å². The Morgan fingerprint density at radius 2 is 1.84 bits per heavy atom. The van der Waals surface area contributed by atoms with Crippen LogP contribution in [0.5, 0.6) is 0 Å². The van der Waals surface area contributed by atoms with Crippen LogP contribution in [-0.4, -0.2) is 4.98 Å². The molecule has 0 aliphatic carbocycles. The lowest BCUT2D eigenvalue weighted by Gasteiger charge is -2.13. The van der Waals surface area contributed by atoms with Crippen molar-refractivity contribution in [2.45, 2.75) is 25.8 Å². The second-order valence-electron chi connectivity index (χ2n) is 4.46. The van der Waals surface area contributed by atoms with Crippen LogP contribution in [0.2, 0.25) is 0 Å². The van der Waals surface area contributed by atoms with E-state index in [0.29, 0.717) is 6.42 Å². The number of aromatic nitrogens is 1. The largest absolute Gasteiger partial charge is 0.323 e. The SMILES string of the molecule is CCc1ccc(CC(N)c2c(F)cccc2F)nc1. The Morgan fingerprint density at radius 1 is 1.16 bits per heavy atom.